The fraction of sp³-hybridized carbons (Fsp3) is 1.00. The van der Waals surface area contributed by atoms with Crippen molar-refractivity contribution in [3.8, 4) is 0 Å². The van der Waals surface area contributed by atoms with Gasteiger partial charge in [-0.2, -0.15) is 0 Å². The Morgan fingerprint density at radius 3 is 2.00 bits per heavy atom. The van der Waals surface area contributed by atoms with Crippen molar-refractivity contribution >= 4 is 0 Å². The average Bonchev–Trinajstić information content (AvgIpc) is 1.87. The first-order valence-corrected chi connectivity index (χ1v) is 3.38. The van der Waals surface area contributed by atoms with Crippen molar-refractivity contribution < 1.29 is 10.0 Å². The lowest BCUT2D eigenvalue weighted by Gasteiger charge is -2.19. The van der Waals surface area contributed by atoms with Gasteiger partial charge >= 0.3 is 0 Å². The minimum Gasteiger partial charge on any atom is -0.383 e. The van der Waals surface area contributed by atoms with Crippen LogP contribution >= 0.6 is 0 Å². The van der Waals surface area contributed by atoms with Crippen LogP contribution in [0.5, 0.6) is 0 Å². The smallest absolute Gasteiger partial charge is 0.232 e. The minimum atomic E-state index is -1.09. The minimum absolute atomic E-state index is 0.347. The quantitative estimate of drug-likeness (QED) is 0.473. The molecule has 0 aromatic carbocycles. The van der Waals surface area contributed by atoms with Crippen LogP contribution in [0.15, 0.2) is 0 Å². The Morgan fingerprint density at radius 2 is 1.90 bits per heavy atom. The van der Waals surface area contributed by atoms with Gasteiger partial charge in [-0.3, -0.25) is 10.1 Å². The van der Waals surface area contributed by atoms with Gasteiger partial charge in [0, 0.05) is 4.92 Å². The Kier molecular flexibility index (Phi) is 3.28. The van der Waals surface area contributed by atoms with Crippen molar-refractivity contribution in [1.29, 1.82) is 0 Å². The van der Waals surface area contributed by atoms with Gasteiger partial charge in [0.25, 0.3) is 0 Å². The van der Waals surface area contributed by atoms with Crippen LogP contribution in [0.4, 0.5) is 0 Å². The number of nitrogens with zero attached hydrogens (tertiary/aromatic N) is 1. The van der Waals surface area contributed by atoms with Crippen molar-refractivity contribution in [3.63, 3.8) is 0 Å². The number of hydrogen-bond acceptors (Lipinski definition) is 3. The third kappa shape index (κ3) is 2.77. The molecule has 0 fully saturated rings. The summed E-state index contributed by atoms with van der Waals surface area (Å²) in [7, 11) is 0. The molecule has 0 aliphatic heterocycles. The van der Waals surface area contributed by atoms with Crippen LogP contribution in [0.3, 0.4) is 0 Å². The molecule has 10 heavy (non-hydrogen) atoms. The van der Waals surface area contributed by atoms with Crippen molar-refractivity contribution in [2.45, 2.75) is 32.3 Å². The van der Waals surface area contributed by atoms with Gasteiger partial charge in [0.05, 0.1) is 0 Å². The first-order valence-electron chi connectivity index (χ1n) is 3.38. The second kappa shape index (κ2) is 3.51. The Morgan fingerprint density at radius 1 is 1.50 bits per heavy atom. The highest BCUT2D eigenvalue weighted by atomic mass is 16.6. The van der Waals surface area contributed by atoms with Gasteiger partial charge in [-0.1, -0.05) is 13.8 Å². The summed E-state index contributed by atoms with van der Waals surface area (Å²) in [5, 5.41) is 19.3. The van der Waals surface area contributed by atoms with E-state index in [4.69, 9.17) is 0 Å². The molecule has 0 aromatic heterocycles. The predicted octanol–water partition coefficient (Wildman–Crippen LogP) is 0.814. The molecule has 60 valence electrons. The van der Waals surface area contributed by atoms with E-state index in [9.17, 15) is 15.2 Å². The van der Waals surface area contributed by atoms with Crippen LogP contribution < -0.4 is 0 Å². The lowest BCUT2D eigenvalue weighted by atomic mass is 9.98. The van der Waals surface area contributed by atoms with E-state index in [0.29, 0.717) is 12.8 Å². The van der Waals surface area contributed by atoms with E-state index in [-0.39, 0.29) is 6.54 Å². The number of hydrogen-bond donors (Lipinski definition) is 1. The molecule has 0 amide bonds. The zero-order valence-corrected chi connectivity index (χ0v) is 6.33. The molecule has 4 nitrogen and oxygen atoms in total. The monoisotopic (exact) mass is 147 g/mol. The normalized spacial score (nSPS) is 11.5. The summed E-state index contributed by atoms with van der Waals surface area (Å²) >= 11 is 0. The molecule has 0 spiro atoms. The Balaban J connectivity index is 3.92. The Labute approximate surface area is 60.0 Å². The van der Waals surface area contributed by atoms with Gasteiger partial charge in [-0.05, 0) is 12.8 Å². The Hall–Kier alpha value is -0.640. The summed E-state index contributed by atoms with van der Waals surface area (Å²) in [5.74, 6) is 0. The summed E-state index contributed by atoms with van der Waals surface area (Å²) in [5.41, 5.74) is -1.09. The third-order valence-corrected chi connectivity index (χ3v) is 1.74. The second-order valence-corrected chi connectivity index (χ2v) is 2.42. The van der Waals surface area contributed by atoms with E-state index in [1.54, 1.807) is 13.8 Å². The van der Waals surface area contributed by atoms with Crippen molar-refractivity contribution in [3.05, 3.63) is 10.1 Å². The van der Waals surface area contributed by atoms with E-state index in [2.05, 4.69) is 0 Å². The lowest BCUT2D eigenvalue weighted by molar-refractivity contribution is -0.501. The molecule has 0 aliphatic rings. The van der Waals surface area contributed by atoms with Crippen LogP contribution in [0.25, 0.3) is 0 Å². The van der Waals surface area contributed by atoms with E-state index < -0.39 is 10.5 Å². The van der Waals surface area contributed by atoms with Crippen LogP contribution in [0.2, 0.25) is 0 Å². The van der Waals surface area contributed by atoms with Gasteiger partial charge < -0.3 is 5.11 Å². The molecule has 0 heterocycles. The van der Waals surface area contributed by atoms with Gasteiger partial charge in [0.15, 0.2) is 0 Å². The fourth-order valence-corrected chi connectivity index (χ4v) is 0.714. The van der Waals surface area contributed by atoms with Gasteiger partial charge in [0.2, 0.25) is 6.54 Å². The highest BCUT2D eigenvalue weighted by Crippen LogP contribution is 2.13. The summed E-state index contributed by atoms with van der Waals surface area (Å²) in [4.78, 5) is 9.50. The molecular weight excluding hydrogens is 134 g/mol. The highest BCUT2D eigenvalue weighted by Gasteiger charge is 2.28. The molecule has 1 N–H and O–H groups in total. The highest BCUT2D eigenvalue weighted by molar-refractivity contribution is 4.72. The largest absolute Gasteiger partial charge is 0.383 e. The van der Waals surface area contributed by atoms with Crippen LogP contribution in [-0.4, -0.2) is 22.2 Å². The summed E-state index contributed by atoms with van der Waals surface area (Å²) in [6.07, 6.45) is 0.870. The maximum Gasteiger partial charge on any atom is 0.232 e. The van der Waals surface area contributed by atoms with Crippen molar-refractivity contribution in [2.24, 2.45) is 0 Å². The third-order valence-electron chi connectivity index (χ3n) is 1.74. The zero-order valence-electron chi connectivity index (χ0n) is 6.33. The van der Waals surface area contributed by atoms with Gasteiger partial charge in [-0.25, -0.2) is 0 Å². The topological polar surface area (TPSA) is 63.4 Å². The molecule has 4 heteroatoms. The molecule has 0 unspecified atom stereocenters. The SMILES string of the molecule is CCC(O)(CC)C[N+](=O)[O-]. The summed E-state index contributed by atoms with van der Waals surface area (Å²) < 4.78 is 0. The molecule has 0 saturated carbocycles. The van der Waals surface area contributed by atoms with Gasteiger partial charge in [0.1, 0.15) is 5.60 Å². The molecular formula is C6H13NO3. The van der Waals surface area contributed by atoms with Crippen LogP contribution in [0.1, 0.15) is 26.7 Å². The van der Waals surface area contributed by atoms with Crippen molar-refractivity contribution in [2.75, 3.05) is 6.54 Å². The predicted molar refractivity (Wildman–Crippen MR) is 37.4 cm³/mol. The molecule has 0 saturated heterocycles. The molecule has 0 aromatic rings. The average molecular weight is 147 g/mol. The number of nitro groups is 1. The summed E-state index contributed by atoms with van der Waals surface area (Å²) in [6, 6.07) is 0. The first kappa shape index (κ1) is 9.36. The van der Waals surface area contributed by atoms with Crippen LogP contribution in [-0.2, 0) is 0 Å². The lowest BCUT2D eigenvalue weighted by Crippen LogP contribution is -2.35. The first-order chi connectivity index (χ1) is 4.54. The number of rotatable bonds is 4. The Bertz CT molecular complexity index is 120. The van der Waals surface area contributed by atoms with E-state index in [0.717, 1.165) is 0 Å². The second-order valence-electron chi connectivity index (χ2n) is 2.42. The van der Waals surface area contributed by atoms with E-state index in [1.807, 2.05) is 0 Å². The fourth-order valence-electron chi connectivity index (χ4n) is 0.714. The standard InChI is InChI=1S/C6H13NO3/c1-3-6(8,4-2)5-7(9)10/h8H,3-5H2,1-2H3. The molecule has 0 rings (SSSR count). The van der Waals surface area contributed by atoms with Gasteiger partial charge in [-0.15, -0.1) is 0 Å². The van der Waals surface area contributed by atoms with Crippen molar-refractivity contribution in [1.82, 2.24) is 0 Å². The zero-order chi connectivity index (χ0) is 8.20. The molecule has 0 aliphatic carbocycles. The molecule has 0 bridgehead atoms. The molecule has 0 atom stereocenters. The van der Waals surface area contributed by atoms with E-state index >= 15 is 0 Å². The molecule has 0 radical (unpaired) electrons. The number of aliphatic hydroxyl groups is 1. The maximum atomic E-state index is 9.98. The van der Waals surface area contributed by atoms with E-state index in [1.165, 1.54) is 0 Å². The summed E-state index contributed by atoms with van der Waals surface area (Å²) in [6.45, 7) is 3.14. The maximum absolute atomic E-state index is 9.98. The van der Waals surface area contributed by atoms with Crippen LogP contribution in [0, 0.1) is 10.1 Å².